The second-order valence-electron chi connectivity index (χ2n) is 6.98. The highest BCUT2D eigenvalue weighted by Gasteiger charge is 2.46. The van der Waals surface area contributed by atoms with E-state index in [4.69, 9.17) is 22.1 Å². The van der Waals surface area contributed by atoms with Crippen LogP contribution in [0.3, 0.4) is 0 Å². The van der Waals surface area contributed by atoms with Crippen LogP contribution in [0.15, 0.2) is 23.5 Å². The molecular formula is C17H21ClN4O2S2. The first-order valence-corrected chi connectivity index (χ1v) is 11.0. The molecule has 2 atom stereocenters. The van der Waals surface area contributed by atoms with Gasteiger partial charge in [-0.2, -0.15) is 0 Å². The number of halogens is 1. The summed E-state index contributed by atoms with van der Waals surface area (Å²) in [6, 6.07) is 2.14. The molecule has 2 aromatic rings. The van der Waals surface area contributed by atoms with Crippen LogP contribution >= 0.6 is 22.9 Å². The summed E-state index contributed by atoms with van der Waals surface area (Å²) in [6.07, 6.45) is 3.35. The molecule has 140 valence electrons. The first-order valence-electron chi connectivity index (χ1n) is 7.87. The second kappa shape index (κ2) is 6.21. The van der Waals surface area contributed by atoms with Crippen molar-refractivity contribution in [2.45, 2.75) is 31.1 Å². The minimum absolute atomic E-state index is 0.284. The molecular weight excluding hydrogens is 392 g/mol. The van der Waals surface area contributed by atoms with Crippen LogP contribution in [0.25, 0.3) is 10.4 Å². The molecule has 1 aliphatic rings. The largest absolute Gasteiger partial charge is 0.467 e. The third-order valence-corrected chi connectivity index (χ3v) is 9.64. The molecule has 0 aromatic carbocycles. The van der Waals surface area contributed by atoms with E-state index < -0.39 is 19.8 Å². The Balaban J connectivity index is 2.07. The van der Waals surface area contributed by atoms with Gasteiger partial charge in [0.25, 0.3) is 0 Å². The zero-order valence-electron chi connectivity index (χ0n) is 15.1. The zero-order valence-corrected chi connectivity index (χ0v) is 17.5. The summed E-state index contributed by atoms with van der Waals surface area (Å²) >= 11 is 7.98. The van der Waals surface area contributed by atoms with E-state index in [0.717, 1.165) is 15.3 Å². The van der Waals surface area contributed by atoms with Gasteiger partial charge in [-0.1, -0.05) is 11.6 Å². The van der Waals surface area contributed by atoms with Crippen molar-refractivity contribution in [1.82, 2.24) is 9.97 Å². The number of aliphatic imine (C=N–C) groups is 1. The fourth-order valence-corrected chi connectivity index (χ4v) is 6.40. The number of amidine groups is 1. The lowest BCUT2D eigenvalue weighted by Gasteiger charge is -2.40. The number of thiophene rings is 1. The van der Waals surface area contributed by atoms with Crippen LogP contribution in [0.4, 0.5) is 0 Å². The number of rotatable bonds is 3. The van der Waals surface area contributed by atoms with E-state index in [2.05, 4.69) is 20.8 Å². The highest BCUT2D eigenvalue weighted by atomic mass is 35.5. The molecule has 26 heavy (non-hydrogen) atoms. The van der Waals surface area contributed by atoms with Crippen LogP contribution in [0.5, 0.6) is 6.01 Å². The molecule has 3 rings (SSSR count). The molecule has 3 heterocycles. The average Bonchev–Trinajstić information content (AvgIpc) is 2.95. The summed E-state index contributed by atoms with van der Waals surface area (Å²) in [5, 5.41) is 0.551. The molecule has 9 heteroatoms. The molecule has 0 radical (unpaired) electrons. The van der Waals surface area contributed by atoms with Crippen molar-refractivity contribution in [3.8, 4) is 16.5 Å². The van der Waals surface area contributed by atoms with Crippen molar-refractivity contribution in [2.75, 3.05) is 12.9 Å². The van der Waals surface area contributed by atoms with E-state index in [9.17, 15) is 4.21 Å². The van der Waals surface area contributed by atoms with E-state index in [-0.39, 0.29) is 5.75 Å². The number of hydrogen-bond donors (Lipinski definition) is 1. The predicted molar refractivity (Wildman–Crippen MR) is 110 cm³/mol. The number of methoxy groups -OCH3 is 1. The van der Waals surface area contributed by atoms with Crippen LogP contribution in [0, 0.1) is 0 Å². The van der Waals surface area contributed by atoms with Gasteiger partial charge in [0.15, 0.2) is 0 Å². The van der Waals surface area contributed by atoms with E-state index >= 15 is 0 Å². The standard InChI is InChI=1S/C17H21ClN4O2S2/c1-16(2)14(19)22-17(3,9-26(16,5)23)13-11(18)6-12(25-13)10-7-20-15(24-4)21-8-10/h6-8H,5,9H2,1-4H3,(H2,19,22)/t17-,26?/m0/s1. The second-order valence-corrected chi connectivity index (χ2v) is 11.4. The Hall–Kier alpha value is -1.64. The van der Waals surface area contributed by atoms with Crippen molar-refractivity contribution in [1.29, 1.82) is 0 Å². The van der Waals surface area contributed by atoms with Crippen LogP contribution in [-0.4, -0.2) is 43.5 Å². The fourth-order valence-electron chi connectivity index (χ4n) is 2.80. The van der Waals surface area contributed by atoms with Gasteiger partial charge in [-0.05, 0) is 42.2 Å². The number of hydrogen-bond acceptors (Lipinski definition) is 7. The minimum Gasteiger partial charge on any atom is -0.467 e. The molecule has 2 aromatic heterocycles. The SMILES string of the molecule is C=S1(=O)C[C@@](C)(c2sc(-c3cnc(OC)nc3)cc2Cl)N=C(N)C1(C)C. The van der Waals surface area contributed by atoms with Gasteiger partial charge in [-0.15, -0.1) is 11.3 Å². The van der Waals surface area contributed by atoms with E-state index in [0.29, 0.717) is 16.9 Å². The quantitative estimate of drug-likeness (QED) is 0.782. The van der Waals surface area contributed by atoms with Gasteiger partial charge < -0.3 is 10.5 Å². The molecule has 0 saturated carbocycles. The Labute approximate surface area is 162 Å². The molecule has 0 amide bonds. The Morgan fingerprint density at radius 2 is 1.96 bits per heavy atom. The van der Waals surface area contributed by atoms with Crippen LogP contribution in [0.1, 0.15) is 25.6 Å². The fraction of sp³-hybridized carbons (Fsp3) is 0.412. The topological polar surface area (TPSA) is 90.5 Å². The normalized spacial score (nSPS) is 27.8. The lowest BCUT2D eigenvalue weighted by molar-refractivity contribution is 0.380. The summed E-state index contributed by atoms with van der Waals surface area (Å²) in [4.78, 5) is 14.6. The maximum Gasteiger partial charge on any atom is 0.316 e. The first-order chi connectivity index (χ1) is 12.0. The van der Waals surface area contributed by atoms with Gasteiger partial charge in [0.1, 0.15) is 11.4 Å². The number of nitrogens with two attached hydrogens (primary N) is 1. The molecule has 2 N–H and O–H groups in total. The lowest BCUT2D eigenvalue weighted by atomic mass is 10.0. The molecule has 0 spiro atoms. The average molecular weight is 413 g/mol. The summed E-state index contributed by atoms with van der Waals surface area (Å²) in [7, 11) is -0.983. The van der Waals surface area contributed by atoms with Gasteiger partial charge in [-0.25, -0.2) is 9.97 Å². The molecule has 0 aliphatic carbocycles. The molecule has 1 unspecified atom stereocenters. The summed E-state index contributed by atoms with van der Waals surface area (Å²) in [5.41, 5.74) is 6.19. The first kappa shape index (κ1) is 19.1. The third kappa shape index (κ3) is 3.00. The van der Waals surface area contributed by atoms with E-state index in [1.54, 1.807) is 12.4 Å². The number of aromatic nitrogens is 2. The molecule has 6 nitrogen and oxygen atoms in total. The third-order valence-electron chi connectivity index (χ3n) is 4.70. The summed E-state index contributed by atoms with van der Waals surface area (Å²) < 4.78 is 17.4. The maximum absolute atomic E-state index is 13.2. The predicted octanol–water partition coefficient (Wildman–Crippen LogP) is 2.95. The smallest absolute Gasteiger partial charge is 0.316 e. The van der Waals surface area contributed by atoms with Gasteiger partial charge in [-0.3, -0.25) is 9.20 Å². The Morgan fingerprint density at radius 3 is 2.50 bits per heavy atom. The van der Waals surface area contributed by atoms with Gasteiger partial charge in [0.05, 0.1) is 21.8 Å². The van der Waals surface area contributed by atoms with Crippen molar-refractivity contribution in [2.24, 2.45) is 10.7 Å². The van der Waals surface area contributed by atoms with Crippen molar-refractivity contribution >= 4 is 44.2 Å². The van der Waals surface area contributed by atoms with E-state index in [1.807, 2.05) is 26.8 Å². The van der Waals surface area contributed by atoms with Gasteiger partial charge in [0, 0.05) is 28.6 Å². The number of nitrogens with zero attached hydrogens (tertiary/aromatic N) is 3. The lowest BCUT2D eigenvalue weighted by Crippen LogP contribution is -2.54. The van der Waals surface area contributed by atoms with Crippen molar-refractivity contribution in [3.63, 3.8) is 0 Å². The van der Waals surface area contributed by atoms with Gasteiger partial charge >= 0.3 is 6.01 Å². The molecule has 1 aliphatic heterocycles. The Kier molecular flexibility index (Phi) is 4.57. The van der Waals surface area contributed by atoms with Crippen molar-refractivity contribution in [3.05, 3.63) is 28.4 Å². The highest BCUT2D eigenvalue weighted by molar-refractivity contribution is 8.02. The monoisotopic (exact) mass is 412 g/mol. The molecule has 0 bridgehead atoms. The minimum atomic E-state index is -2.50. The van der Waals surface area contributed by atoms with Crippen LogP contribution < -0.4 is 10.5 Å². The van der Waals surface area contributed by atoms with E-state index in [1.165, 1.54) is 18.4 Å². The molecule has 0 saturated heterocycles. The summed E-state index contributed by atoms with van der Waals surface area (Å²) in [6.45, 7) is 5.53. The van der Waals surface area contributed by atoms with Gasteiger partial charge in [0.2, 0.25) is 0 Å². The highest BCUT2D eigenvalue weighted by Crippen LogP contribution is 2.45. The Morgan fingerprint density at radius 1 is 1.35 bits per heavy atom. The van der Waals surface area contributed by atoms with Crippen LogP contribution in [-0.2, 0) is 15.1 Å². The number of ether oxygens (including phenoxy) is 1. The Bertz CT molecular complexity index is 981. The zero-order chi connectivity index (χ0) is 19.3. The van der Waals surface area contributed by atoms with Crippen molar-refractivity contribution < 1.29 is 8.95 Å². The van der Waals surface area contributed by atoms with Crippen LogP contribution in [0.2, 0.25) is 5.02 Å². The maximum atomic E-state index is 13.2. The molecule has 0 fully saturated rings. The summed E-state index contributed by atoms with van der Waals surface area (Å²) in [5.74, 6) is 4.58.